The molecule has 1 fully saturated rings. The van der Waals surface area contributed by atoms with Gasteiger partial charge < -0.3 is 39.4 Å². The molecule has 0 aromatic rings. The molecule has 0 saturated carbocycles. The number of hydrogen-bond acceptors (Lipinski definition) is 9. The first-order valence-electron chi connectivity index (χ1n) is 27.8. The predicted molar refractivity (Wildman–Crippen MR) is 266 cm³/mol. The maximum Gasteiger partial charge on any atom is 0.306 e. The third-order valence-electron chi connectivity index (χ3n) is 13.2. The molecule has 64 heavy (non-hydrogen) atoms. The number of ether oxygens (including phenoxy) is 4. The highest BCUT2D eigenvalue weighted by Crippen LogP contribution is 2.23. The quantitative estimate of drug-likeness (QED) is 0.0267. The third-order valence-corrected chi connectivity index (χ3v) is 13.2. The fourth-order valence-electron chi connectivity index (χ4n) is 8.84. The summed E-state index contributed by atoms with van der Waals surface area (Å²) in [5.41, 5.74) is 0. The molecule has 0 amide bonds. The Morgan fingerprint density at radius 3 is 1.27 bits per heavy atom. The summed E-state index contributed by atoms with van der Waals surface area (Å²) in [5, 5.41) is 40.3. The van der Waals surface area contributed by atoms with Gasteiger partial charge in [0.05, 0.1) is 19.8 Å². The van der Waals surface area contributed by atoms with E-state index in [9.17, 15) is 25.2 Å². The topological polar surface area (TPSA) is 135 Å². The fourth-order valence-corrected chi connectivity index (χ4v) is 8.84. The zero-order valence-corrected chi connectivity index (χ0v) is 42.1. The van der Waals surface area contributed by atoms with E-state index in [1.807, 2.05) is 0 Å². The summed E-state index contributed by atoms with van der Waals surface area (Å²) in [6.45, 7) is 4.61. The van der Waals surface area contributed by atoms with E-state index >= 15 is 0 Å². The highest BCUT2D eigenvalue weighted by atomic mass is 16.7. The van der Waals surface area contributed by atoms with Crippen LogP contribution in [0.15, 0.2) is 12.2 Å². The van der Waals surface area contributed by atoms with Crippen LogP contribution in [-0.2, 0) is 23.7 Å². The second-order valence-electron chi connectivity index (χ2n) is 19.4. The van der Waals surface area contributed by atoms with Crippen LogP contribution in [0.3, 0.4) is 0 Å². The molecule has 6 atom stereocenters. The Bertz CT molecular complexity index is 993. The second kappa shape index (κ2) is 47.0. The van der Waals surface area contributed by atoms with E-state index in [0.29, 0.717) is 13.0 Å². The van der Waals surface area contributed by atoms with Crippen molar-refractivity contribution >= 4 is 5.97 Å². The maximum atomic E-state index is 12.9. The Morgan fingerprint density at radius 1 is 0.484 bits per heavy atom. The van der Waals surface area contributed by atoms with Crippen LogP contribution in [0.4, 0.5) is 0 Å². The Morgan fingerprint density at radius 2 is 0.859 bits per heavy atom. The summed E-state index contributed by atoms with van der Waals surface area (Å²) in [6.07, 6.45) is 48.2. The summed E-state index contributed by atoms with van der Waals surface area (Å²) in [6, 6.07) is 0. The molecule has 6 unspecified atom stereocenters. The number of aliphatic hydroxyl groups excluding tert-OH is 4. The maximum absolute atomic E-state index is 12.9. The molecule has 1 heterocycles. The van der Waals surface area contributed by atoms with Crippen LogP contribution in [0, 0.1) is 0 Å². The van der Waals surface area contributed by atoms with Gasteiger partial charge in [-0.3, -0.25) is 4.79 Å². The van der Waals surface area contributed by atoms with Crippen molar-refractivity contribution in [1.29, 1.82) is 0 Å². The van der Waals surface area contributed by atoms with E-state index < -0.39 is 43.4 Å². The number of carbonyl (C=O) groups is 1. The van der Waals surface area contributed by atoms with Gasteiger partial charge in [0.2, 0.25) is 0 Å². The van der Waals surface area contributed by atoms with Crippen molar-refractivity contribution in [2.24, 2.45) is 0 Å². The van der Waals surface area contributed by atoms with Crippen LogP contribution < -0.4 is 0 Å². The molecule has 1 saturated heterocycles. The number of rotatable bonds is 49. The summed E-state index contributed by atoms with van der Waals surface area (Å²) < 4.78 is 23.0. The predicted octanol–water partition coefficient (Wildman–Crippen LogP) is 13.9. The number of unbranched alkanes of at least 4 members (excludes halogenated alkanes) is 36. The number of carbonyl (C=O) groups excluding carboxylic acids is 1. The van der Waals surface area contributed by atoms with Crippen molar-refractivity contribution in [3.05, 3.63) is 12.2 Å². The van der Waals surface area contributed by atoms with Gasteiger partial charge in [0, 0.05) is 13.0 Å². The fraction of sp³-hybridized carbons (Fsp3) is 0.945. The summed E-state index contributed by atoms with van der Waals surface area (Å²) in [5.74, 6) is -0.307. The van der Waals surface area contributed by atoms with E-state index in [0.717, 1.165) is 32.1 Å². The van der Waals surface area contributed by atoms with Crippen molar-refractivity contribution in [3.8, 4) is 0 Å². The molecule has 380 valence electrons. The minimum Gasteiger partial charge on any atom is -0.457 e. The largest absolute Gasteiger partial charge is 0.457 e. The lowest BCUT2D eigenvalue weighted by molar-refractivity contribution is -0.305. The van der Waals surface area contributed by atoms with Gasteiger partial charge in [-0.15, -0.1) is 0 Å². The van der Waals surface area contributed by atoms with Gasteiger partial charge in [-0.1, -0.05) is 238 Å². The molecule has 9 heteroatoms. The van der Waals surface area contributed by atoms with E-state index in [1.54, 1.807) is 0 Å². The van der Waals surface area contributed by atoms with E-state index in [-0.39, 0.29) is 19.2 Å². The van der Waals surface area contributed by atoms with Gasteiger partial charge >= 0.3 is 5.97 Å². The molecule has 0 aromatic heterocycles. The first kappa shape index (κ1) is 60.9. The average Bonchev–Trinajstić information content (AvgIpc) is 3.30. The van der Waals surface area contributed by atoms with Crippen LogP contribution in [0.1, 0.15) is 271 Å². The number of allylic oxidation sites excluding steroid dienone is 2. The zero-order valence-electron chi connectivity index (χ0n) is 42.1. The van der Waals surface area contributed by atoms with Gasteiger partial charge in [-0.05, 0) is 38.5 Å². The average molecular weight is 911 g/mol. The molecular formula is C55H106O9. The lowest BCUT2D eigenvalue weighted by Gasteiger charge is -2.39. The van der Waals surface area contributed by atoms with Crippen molar-refractivity contribution in [2.45, 2.75) is 307 Å². The monoisotopic (exact) mass is 911 g/mol. The number of esters is 1. The Kier molecular flexibility index (Phi) is 44.8. The molecule has 0 bridgehead atoms. The van der Waals surface area contributed by atoms with Crippen molar-refractivity contribution in [1.82, 2.24) is 0 Å². The summed E-state index contributed by atoms with van der Waals surface area (Å²) >= 11 is 0. The molecule has 1 aliphatic rings. The first-order valence-corrected chi connectivity index (χ1v) is 27.8. The zero-order chi connectivity index (χ0) is 46.4. The normalized spacial score (nSPS) is 19.5. The van der Waals surface area contributed by atoms with E-state index in [2.05, 4.69) is 26.0 Å². The first-order chi connectivity index (χ1) is 31.4. The highest BCUT2D eigenvalue weighted by molar-refractivity contribution is 5.69. The van der Waals surface area contributed by atoms with Crippen molar-refractivity contribution in [3.63, 3.8) is 0 Å². The lowest BCUT2D eigenvalue weighted by atomic mass is 9.99. The molecule has 9 nitrogen and oxygen atoms in total. The van der Waals surface area contributed by atoms with Gasteiger partial charge in [-0.25, -0.2) is 0 Å². The Labute approximate surface area is 395 Å². The van der Waals surface area contributed by atoms with Gasteiger partial charge in [0.25, 0.3) is 0 Å². The number of aliphatic hydroxyl groups is 4. The number of hydrogen-bond donors (Lipinski definition) is 4. The molecule has 0 aliphatic carbocycles. The van der Waals surface area contributed by atoms with Crippen LogP contribution in [0.2, 0.25) is 0 Å². The van der Waals surface area contributed by atoms with E-state index in [1.165, 1.54) is 218 Å². The van der Waals surface area contributed by atoms with Gasteiger partial charge in [0.1, 0.15) is 30.5 Å². The van der Waals surface area contributed by atoms with Crippen LogP contribution in [0.25, 0.3) is 0 Å². The van der Waals surface area contributed by atoms with Crippen LogP contribution >= 0.6 is 0 Å². The van der Waals surface area contributed by atoms with E-state index in [4.69, 9.17) is 18.9 Å². The molecule has 0 radical (unpaired) electrons. The molecular weight excluding hydrogens is 805 g/mol. The molecule has 1 rings (SSSR count). The van der Waals surface area contributed by atoms with Crippen molar-refractivity contribution in [2.75, 3.05) is 26.4 Å². The molecule has 0 spiro atoms. The minimum atomic E-state index is -1.53. The Hall–Kier alpha value is -1.07. The third kappa shape index (κ3) is 37.0. The smallest absolute Gasteiger partial charge is 0.306 e. The summed E-state index contributed by atoms with van der Waals surface area (Å²) in [7, 11) is 0. The van der Waals surface area contributed by atoms with Crippen LogP contribution in [-0.4, -0.2) is 89.6 Å². The highest BCUT2D eigenvalue weighted by Gasteiger charge is 2.44. The minimum absolute atomic E-state index is 0.108. The van der Waals surface area contributed by atoms with Gasteiger partial charge in [0.15, 0.2) is 6.29 Å². The molecule has 4 N–H and O–H groups in total. The lowest BCUT2D eigenvalue weighted by Crippen LogP contribution is -2.59. The summed E-state index contributed by atoms with van der Waals surface area (Å²) in [4.78, 5) is 12.9. The Balaban J connectivity index is 2.16. The SMILES string of the molecule is CCCCCCCCC/C=C\CCCCCCCCCCOCC(COC1OC(CO)C(O)C(O)C1O)OC(=O)CCCCCCCCCCCCCCCCCCCCCCCC. The molecule has 1 aliphatic heterocycles. The van der Waals surface area contributed by atoms with Crippen molar-refractivity contribution < 1.29 is 44.2 Å². The van der Waals surface area contributed by atoms with Crippen LogP contribution in [0.5, 0.6) is 0 Å². The second-order valence-corrected chi connectivity index (χ2v) is 19.4. The van der Waals surface area contributed by atoms with Gasteiger partial charge in [-0.2, -0.15) is 0 Å². The molecule has 0 aromatic carbocycles. The standard InChI is InChI=1S/C55H106O9/c1-3-5-7-9-11-13-15-17-19-21-23-24-25-26-28-30-32-34-36-38-40-42-44-51(57)63-49(48-62-55-54(60)53(59)52(58)50(46-56)64-55)47-61-45-43-41-39-37-35-33-31-29-27-22-20-18-16-14-12-10-8-6-4-2/h20,22,49-50,52-56,58-60H,3-19,21,23-48H2,1-2H3/b22-20-.